The molecule has 33 heavy (non-hydrogen) atoms. The van der Waals surface area contributed by atoms with E-state index in [1.165, 1.54) is 11.8 Å². The average molecular weight is 465 g/mol. The fourth-order valence-electron chi connectivity index (χ4n) is 3.98. The Labute approximate surface area is 200 Å². The molecule has 0 spiro atoms. The lowest BCUT2D eigenvalue weighted by Gasteiger charge is -2.19. The van der Waals surface area contributed by atoms with Crippen LogP contribution in [0.5, 0.6) is 0 Å². The van der Waals surface area contributed by atoms with E-state index in [0.29, 0.717) is 12.3 Å². The van der Waals surface area contributed by atoms with Crippen LogP contribution in [-0.4, -0.2) is 60.0 Å². The van der Waals surface area contributed by atoms with Gasteiger partial charge in [0, 0.05) is 40.0 Å². The Balaban J connectivity index is 1.42. The summed E-state index contributed by atoms with van der Waals surface area (Å²) in [6, 6.07) is 18.6. The molecule has 0 aliphatic carbocycles. The van der Waals surface area contributed by atoms with Crippen molar-refractivity contribution in [3.8, 4) is 11.3 Å². The standard InChI is InChI=1S/C26H32N4O2S/c1-28(2)22-13-11-20(12-14-22)17-29(3)25(31)19-33-26-27-16-24(21-8-5-4-6-9-21)30(26)18-23-10-7-15-32-23/h4-6,8-9,11-14,16,23H,7,10,15,17-19H2,1-3H3. The number of carbonyl (C=O) groups excluding carboxylic acids is 1. The number of aromatic nitrogens is 2. The smallest absolute Gasteiger partial charge is 0.233 e. The molecule has 4 rings (SSSR count). The molecular weight excluding hydrogens is 432 g/mol. The molecule has 7 heteroatoms. The van der Waals surface area contributed by atoms with Crippen molar-refractivity contribution < 1.29 is 9.53 Å². The molecule has 1 aliphatic rings. The van der Waals surface area contributed by atoms with E-state index in [-0.39, 0.29) is 12.0 Å². The Morgan fingerprint density at radius 3 is 2.55 bits per heavy atom. The fourth-order valence-corrected chi connectivity index (χ4v) is 4.91. The van der Waals surface area contributed by atoms with Crippen LogP contribution in [-0.2, 0) is 22.6 Å². The predicted octanol–water partition coefficient (Wildman–Crippen LogP) is 4.55. The molecule has 1 saturated heterocycles. The summed E-state index contributed by atoms with van der Waals surface area (Å²) >= 11 is 1.50. The summed E-state index contributed by atoms with van der Waals surface area (Å²) in [6.07, 6.45) is 4.27. The zero-order valence-corrected chi connectivity index (χ0v) is 20.4. The quantitative estimate of drug-likeness (QED) is 0.435. The Hall–Kier alpha value is -2.77. The average Bonchev–Trinajstić information content (AvgIpc) is 3.49. The predicted molar refractivity (Wildman–Crippen MR) is 135 cm³/mol. The Bertz CT molecular complexity index is 1040. The zero-order chi connectivity index (χ0) is 23.2. The molecule has 174 valence electrons. The topological polar surface area (TPSA) is 50.6 Å². The number of thioether (sulfide) groups is 1. The largest absolute Gasteiger partial charge is 0.378 e. The molecule has 3 aromatic rings. The molecular formula is C26H32N4O2S. The molecule has 0 bridgehead atoms. The number of amides is 1. The summed E-state index contributed by atoms with van der Waals surface area (Å²) in [6.45, 7) is 2.17. The molecule has 1 aromatic heterocycles. The van der Waals surface area contributed by atoms with Gasteiger partial charge in [-0.1, -0.05) is 54.2 Å². The Morgan fingerprint density at radius 2 is 1.88 bits per heavy atom. The highest BCUT2D eigenvalue weighted by molar-refractivity contribution is 7.99. The van der Waals surface area contributed by atoms with Crippen LogP contribution in [0.2, 0.25) is 0 Å². The molecule has 6 nitrogen and oxygen atoms in total. The van der Waals surface area contributed by atoms with E-state index in [2.05, 4.69) is 50.8 Å². The SMILES string of the molecule is CN(Cc1ccc(N(C)C)cc1)C(=O)CSc1ncc(-c2ccccc2)n1CC1CCCO1. The molecule has 2 aromatic carbocycles. The summed E-state index contributed by atoms with van der Waals surface area (Å²) in [5.74, 6) is 0.438. The van der Waals surface area contributed by atoms with Crippen molar-refractivity contribution in [3.63, 3.8) is 0 Å². The Kier molecular flexibility index (Phi) is 7.73. The minimum absolute atomic E-state index is 0.0876. The molecule has 2 heterocycles. The highest BCUT2D eigenvalue weighted by Gasteiger charge is 2.21. The highest BCUT2D eigenvalue weighted by atomic mass is 32.2. The number of ether oxygens (including phenoxy) is 1. The molecule has 0 N–H and O–H groups in total. The van der Waals surface area contributed by atoms with Crippen molar-refractivity contribution in [2.75, 3.05) is 38.4 Å². The first-order valence-corrected chi connectivity index (χ1v) is 12.4. The molecule has 0 saturated carbocycles. The summed E-state index contributed by atoms with van der Waals surface area (Å²) in [4.78, 5) is 21.4. The van der Waals surface area contributed by atoms with E-state index in [1.807, 2.05) is 45.5 Å². The number of rotatable bonds is 9. The number of anilines is 1. The van der Waals surface area contributed by atoms with E-state index >= 15 is 0 Å². The normalized spacial score (nSPS) is 15.5. The second-order valence-corrected chi connectivity index (χ2v) is 9.58. The van der Waals surface area contributed by atoms with Crippen molar-refractivity contribution in [1.29, 1.82) is 0 Å². The number of benzene rings is 2. The van der Waals surface area contributed by atoms with E-state index in [1.54, 1.807) is 4.90 Å². The van der Waals surface area contributed by atoms with Gasteiger partial charge in [-0.05, 0) is 36.1 Å². The summed E-state index contributed by atoms with van der Waals surface area (Å²) in [5.41, 5.74) is 4.46. The number of hydrogen-bond acceptors (Lipinski definition) is 5. The third-order valence-electron chi connectivity index (χ3n) is 5.92. The van der Waals surface area contributed by atoms with Gasteiger partial charge >= 0.3 is 0 Å². The number of hydrogen-bond donors (Lipinski definition) is 0. The van der Waals surface area contributed by atoms with E-state index in [4.69, 9.17) is 4.74 Å². The van der Waals surface area contributed by atoms with E-state index in [9.17, 15) is 4.79 Å². The van der Waals surface area contributed by atoms with Crippen LogP contribution in [0.25, 0.3) is 11.3 Å². The second-order valence-electron chi connectivity index (χ2n) is 8.64. The third kappa shape index (κ3) is 5.97. The van der Waals surface area contributed by atoms with Crippen molar-refractivity contribution in [1.82, 2.24) is 14.5 Å². The summed E-state index contributed by atoms with van der Waals surface area (Å²) in [5, 5.41) is 0.862. The van der Waals surface area contributed by atoms with E-state index in [0.717, 1.165) is 53.7 Å². The van der Waals surface area contributed by atoms with Crippen LogP contribution >= 0.6 is 11.8 Å². The van der Waals surface area contributed by atoms with Crippen LogP contribution in [0.3, 0.4) is 0 Å². The van der Waals surface area contributed by atoms with Gasteiger partial charge in [-0.15, -0.1) is 0 Å². The zero-order valence-electron chi connectivity index (χ0n) is 19.6. The van der Waals surface area contributed by atoms with Gasteiger partial charge < -0.3 is 19.1 Å². The fraction of sp³-hybridized carbons (Fsp3) is 0.385. The van der Waals surface area contributed by atoms with Gasteiger partial charge in [-0.2, -0.15) is 0 Å². The number of nitrogens with zero attached hydrogens (tertiary/aromatic N) is 4. The molecule has 0 radical (unpaired) electrons. The van der Waals surface area contributed by atoms with Gasteiger partial charge in [0.1, 0.15) is 0 Å². The lowest BCUT2D eigenvalue weighted by atomic mass is 10.1. The summed E-state index contributed by atoms with van der Waals surface area (Å²) in [7, 11) is 5.90. The van der Waals surface area contributed by atoms with Crippen molar-refractivity contribution in [3.05, 3.63) is 66.4 Å². The van der Waals surface area contributed by atoms with Crippen molar-refractivity contribution in [2.24, 2.45) is 0 Å². The van der Waals surface area contributed by atoms with Gasteiger partial charge in [0.05, 0.1) is 30.3 Å². The molecule has 1 aliphatic heterocycles. The maximum atomic E-state index is 12.9. The van der Waals surface area contributed by atoms with Gasteiger partial charge in [0.15, 0.2) is 5.16 Å². The van der Waals surface area contributed by atoms with Gasteiger partial charge in [0.25, 0.3) is 0 Å². The van der Waals surface area contributed by atoms with Gasteiger partial charge in [-0.25, -0.2) is 4.98 Å². The second kappa shape index (κ2) is 10.9. The number of carbonyl (C=O) groups is 1. The van der Waals surface area contributed by atoms with Crippen molar-refractivity contribution >= 4 is 23.4 Å². The minimum Gasteiger partial charge on any atom is -0.378 e. The molecule has 1 amide bonds. The maximum Gasteiger partial charge on any atom is 0.233 e. The summed E-state index contributed by atoms with van der Waals surface area (Å²) < 4.78 is 8.10. The third-order valence-corrected chi connectivity index (χ3v) is 6.90. The van der Waals surface area contributed by atoms with Crippen LogP contribution in [0.4, 0.5) is 5.69 Å². The number of imidazole rings is 1. The van der Waals surface area contributed by atoms with Crippen molar-refractivity contribution in [2.45, 2.75) is 37.2 Å². The minimum atomic E-state index is 0.0876. The van der Waals surface area contributed by atoms with Crippen LogP contribution < -0.4 is 4.90 Å². The van der Waals surface area contributed by atoms with E-state index < -0.39 is 0 Å². The highest BCUT2D eigenvalue weighted by Crippen LogP contribution is 2.28. The first-order chi connectivity index (χ1) is 16.0. The molecule has 1 fully saturated rings. The van der Waals surface area contributed by atoms with Gasteiger partial charge in [0.2, 0.25) is 5.91 Å². The van der Waals surface area contributed by atoms with Crippen LogP contribution in [0, 0.1) is 0 Å². The molecule has 1 unspecified atom stereocenters. The van der Waals surface area contributed by atoms with Gasteiger partial charge in [-0.3, -0.25) is 4.79 Å². The Morgan fingerprint density at radius 1 is 1.12 bits per heavy atom. The lowest BCUT2D eigenvalue weighted by molar-refractivity contribution is -0.127. The first kappa shape index (κ1) is 23.4. The molecule has 1 atom stereocenters. The monoisotopic (exact) mass is 464 g/mol. The lowest BCUT2D eigenvalue weighted by Crippen LogP contribution is -2.28. The van der Waals surface area contributed by atoms with Crippen LogP contribution in [0.15, 0.2) is 66.0 Å². The maximum absolute atomic E-state index is 12.9. The first-order valence-electron chi connectivity index (χ1n) is 11.4. The van der Waals surface area contributed by atoms with Crippen LogP contribution in [0.1, 0.15) is 18.4 Å².